The third kappa shape index (κ3) is 4.23. The molecule has 0 fully saturated rings. The van der Waals surface area contributed by atoms with Crippen molar-refractivity contribution in [2.75, 3.05) is 11.9 Å². The van der Waals surface area contributed by atoms with Crippen LogP contribution in [-0.2, 0) is 22.4 Å². The molecule has 1 aliphatic rings. The number of hydrogen-bond acceptors (Lipinski definition) is 7. The molecule has 0 radical (unpaired) electrons. The molecule has 2 aromatic heterocycles. The van der Waals surface area contributed by atoms with Crippen molar-refractivity contribution in [2.24, 2.45) is 0 Å². The first-order valence-corrected chi connectivity index (χ1v) is 11.3. The first-order valence-electron chi connectivity index (χ1n) is 10.5. The van der Waals surface area contributed by atoms with Crippen molar-refractivity contribution in [1.29, 1.82) is 5.26 Å². The zero-order valence-corrected chi connectivity index (χ0v) is 18.4. The third-order valence-electron chi connectivity index (χ3n) is 5.80. The zero-order chi connectivity index (χ0) is 22.8. The Morgan fingerprint density at radius 1 is 1.24 bits per heavy atom. The summed E-state index contributed by atoms with van der Waals surface area (Å²) in [5.74, 6) is -0.720. The van der Waals surface area contributed by atoms with Crippen LogP contribution >= 0.6 is 11.3 Å². The summed E-state index contributed by atoms with van der Waals surface area (Å²) in [5.41, 5.74) is 4.19. The molecule has 1 amide bonds. The van der Waals surface area contributed by atoms with E-state index in [4.69, 9.17) is 9.15 Å². The van der Waals surface area contributed by atoms with Crippen LogP contribution in [0.2, 0.25) is 0 Å². The van der Waals surface area contributed by atoms with Gasteiger partial charge in [-0.05, 0) is 54.5 Å². The molecule has 0 saturated heterocycles. The predicted octanol–water partition coefficient (Wildman–Crippen LogP) is 4.83. The summed E-state index contributed by atoms with van der Waals surface area (Å²) in [6.45, 7) is -0.449. The van der Waals surface area contributed by atoms with Gasteiger partial charge in [-0.15, -0.1) is 11.3 Å². The Kier molecular flexibility index (Phi) is 5.63. The van der Waals surface area contributed by atoms with Gasteiger partial charge in [-0.25, -0.2) is 9.78 Å². The second-order valence-electron chi connectivity index (χ2n) is 7.83. The first kappa shape index (κ1) is 20.9. The van der Waals surface area contributed by atoms with Crippen molar-refractivity contribution in [1.82, 2.24) is 4.98 Å². The van der Waals surface area contributed by atoms with E-state index in [1.54, 1.807) is 18.2 Å². The number of esters is 1. The lowest BCUT2D eigenvalue weighted by molar-refractivity contribution is -0.119. The van der Waals surface area contributed by atoms with Crippen LogP contribution in [-0.4, -0.2) is 23.5 Å². The number of ether oxygens (including phenoxy) is 1. The van der Waals surface area contributed by atoms with Gasteiger partial charge >= 0.3 is 5.97 Å². The van der Waals surface area contributed by atoms with E-state index in [-0.39, 0.29) is 5.56 Å². The molecule has 2 aromatic carbocycles. The number of rotatable bonds is 5. The van der Waals surface area contributed by atoms with Crippen LogP contribution in [0.15, 0.2) is 59.3 Å². The maximum atomic E-state index is 12.5. The van der Waals surface area contributed by atoms with Crippen LogP contribution in [0.4, 0.5) is 5.00 Å². The van der Waals surface area contributed by atoms with Crippen LogP contribution in [0, 0.1) is 11.3 Å². The Morgan fingerprint density at radius 2 is 2.09 bits per heavy atom. The van der Waals surface area contributed by atoms with Gasteiger partial charge in [-0.2, -0.15) is 5.26 Å². The summed E-state index contributed by atoms with van der Waals surface area (Å²) in [5, 5.41) is 13.0. The Morgan fingerprint density at radius 3 is 2.91 bits per heavy atom. The average molecular weight is 458 g/mol. The van der Waals surface area contributed by atoms with Crippen molar-refractivity contribution in [3.05, 3.63) is 82.1 Å². The molecule has 8 heteroatoms. The van der Waals surface area contributed by atoms with Gasteiger partial charge in [0.15, 0.2) is 18.6 Å². The standard InChI is InChI=1S/C25H19N3O4S/c26-12-19-18-8-6-16(15-4-2-1-3-5-15)11-22(18)33-24(19)28-23(29)13-31-25(30)17-7-9-21-20(10-17)27-14-32-21/h1-5,7,9-10,14,16H,6,8,11,13H2,(H,28,29). The highest BCUT2D eigenvalue weighted by Crippen LogP contribution is 2.42. The van der Waals surface area contributed by atoms with Gasteiger partial charge in [0.1, 0.15) is 16.6 Å². The summed E-state index contributed by atoms with van der Waals surface area (Å²) in [7, 11) is 0. The van der Waals surface area contributed by atoms with E-state index < -0.39 is 18.5 Å². The fraction of sp³-hybridized carbons (Fsp3) is 0.200. The minimum absolute atomic E-state index is 0.278. The normalized spacial score (nSPS) is 14.9. The highest BCUT2D eigenvalue weighted by atomic mass is 32.1. The van der Waals surface area contributed by atoms with Crippen molar-refractivity contribution < 1.29 is 18.7 Å². The molecule has 0 spiro atoms. The van der Waals surface area contributed by atoms with E-state index in [0.717, 1.165) is 29.7 Å². The monoisotopic (exact) mass is 457 g/mol. The molecule has 0 saturated carbocycles. The number of hydrogen-bond donors (Lipinski definition) is 1. The summed E-state index contributed by atoms with van der Waals surface area (Å²) in [6, 6.07) is 17.3. The fourth-order valence-corrected chi connectivity index (χ4v) is 5.46. The topological polar surface area (TPSA) is 105 Å². The molecule has 1 atom stereocenters. The summed E-state index contributed by atoms with van der Waals surface area (Å²) < 4.78 is 10.3. The van der Waals surface area contributed by atoms with Crippen LogP contribution in [0.3, 0.4) is 0 Å². The molecule has 5 rings (SSSR count). The Balaban J connectivity index is 1.24. The smallest absolute Gasteiger partial charge is 0.338 e. The number of aromatic nitrogens is 1. The molecule has 7 nitrogen and oxygen atoms in total. The average Bonchev–Trinajstić information content (AvgIpc) is 3.45. The number of amides is 1. The fourth-order valence-electron chi connectivity index (χ4n) is 4.16. The van der Waals surface area contributed by atoms with E-state index in [9.17, 15) is 14.9 Å². The molecule has 1 N–H and O–H groups in total. The predicted molar refractivity (Wildman–Crippen MR) is 123 cm³/mol. The lowest BCUT2D eigenvalue weighted by Gasteiger charge is -2.22. The largest absolute Gasteiger partial charge is 0.452 e. The van der Waals surface area contributed by atoms with E-state index in [2.05, 4.69) is 28.5 Å². The van der Waals surface area contributed by atoms with Gasteiger partial charge in [0.25, 0.3) is 5.91 Å². The number of fused-ring (bicyclic) bond motifs is 2. The Bertz CT molecular complexity index is 1380. The number of oxazole rings is 1. The molecule has 4 aromatic rings. The SMILES string of the molecule is N#Cc1c(NC(=O)COC(=O)c2ccc3ocnc3c2)sc2c1CCC(c1ccccc1)C2. The second-order valence-corrected chi connectivity index (χ2v) is 8.93. The summed E-state index contributed by atoms with van der Waals surface area (Å²) in [6.07, 6.45) is 3.89. The highest BCUT2D eigenvalue weighted by molar-refractivity contribution is 7.16. The Labute approximate surface area is 193 Å². The summed E-state index contributed by atoms with van der Waals surface area (Å²) >= 11 is 1.43. The van der Waals surface area contributed by atoms with Gasteiger partial charge in [0.05, 0.1) is 11.1 Å². The molecule has 1 aliphatic carbocycles. The maximum Gasteiger partial charge on any atom is 0.338 e. The number of thiophene rings is 1. The molecule has 0 bridgehead atoms. The minimum Gasteiger partial charge on any atom is -0.452 e. The van der Waals surface area contributed by atoms with Gasteiger partial charge in [0, 0.05) is 4.88 Å². The lowest BCUT2D eigenvalue weighted by atomic mass is 9.83. The zero-order valence-electron chi connectivity index (χ0n) is 17.5. The number of carbonyl (C=O) groups is 2. The van der Waals surface area contributed by atoms with Crippen LogP contribution in [0.25, 0.3) is 11.1 Å². The Hall–Kier alpha value is -3.96. The minimum atomic E-state index is -0.633. The van der Waals surface area contributed by atoms with Crippen LogP contribution in [0.5, 0.6) is 0 Å². The molecule has 1 unspecified atom stereocenters. The van der Waals surface area contributed by atoms with Crippen molar-refractivity contribution >= 4 is 39.3 Å². The van der Waals surface area contributed by atoms with Gasteiger partial charge < -0.3 is 14.5 Å². The quantitative estimate of drug-likeness (QED) is 0.431. The van der Waals surface area contributed by atoms with Gasteiger partial charge in [-0.1, -0.05) is 30.3 Å². The summed E-state index contributed by atoms with van der Waals surface area (Å²) in [4.78, 5) is 29.9. The maximum absolute atomic E-state index is 12.5. The van der Waals surface area contributed by atoms with Crippen molar-refractivity contribution in [3.63, 3.8) is 0 Å². The first-order chi connectivity index (χ1) is 16.1. The van der Waals surface area contributed by atoms with E-state index >= 15 is 0 Å². The van der Waals surface area contributed by atoms with Gasteiger partial charge in [-0.3, -0.25) is 4.79 Å². The number of nitriles is 1. The van der Waals surface area contributed by atoms with Crippen LogP contribution in [0.1, 0.15) is 44.3 Å². The van der Waals surface area contributed by atoms with E-state index in [1.165, 1.54) is 23.3 Å². The molecule has 0 aliphatic heterocycles. The van der Waals surface area contributed by atoms with E-state index in [1.807, 2.05) is 18.2 Å². The highest BCUT2D eigenvalue weighted by Gasteiger charge is 2.27. The number of nitrogens with one attached hydrogen (secondary N) is 1. The van der Waals surface area contributed by atoms with Crippen LogP contribution < -0.4 is 5.32 Å². The molecular weight excluding hydrogens is 438 g/mol. The number of benzene rings is 2. The number of anilines is 1. The van der Waals surface area contributed by atoms with Crippen molar-refractivity contribution in [3.8, 4) is 6.07 Å². The molecular formula is C25H19N3O4S. The molecule has 33 heavy (non-hydrogen) atoms. The second kappa shape index (κ2) is 8.88. The molecule has 164 valence electrons. The van der Waals surface area contributed by atoms with Crippen molar-refractivity contribution in [2.45, 2.75) is 25.2 Å². The third-order valence-corrected chi connectivity index (χ3v) is 6.97. The van der Waals surface area contributed by atoms with E-state index in [0.29, 0.717) is 27.6 Å². The lowest BCUT2D eigenvalue weighted by Crippen LogP contribution is -2.20. The number of nitrogens with zero attached hydrogens (tertiary/aromatic N) is 2. The van der Waals surface area contributed by atoms with Gasteiger partial charge in [0.2, 0.25) is 0 Å². The number of carbonyl (C=O) groups excluding carboxylic acids is 2. The molecule has 2 heterocycles.